The van der Waals surface area contributed by atoms with Crippen molar-refractivity contribution in [3.63, 3.8) is 0 Å². The molecule has 10 nitrogen and oxygen atoms in total. The second-order valence-corrected chi connectivity index (χ2v) is 8.95. The maximum absolute atomic E-state index is 11.9. The fourth-order valence-electron chi connectivity index (χ4n) is 5.00. The van der Waals surface area contributed by atoms with Crippen molar-refractivity contribution in [1.29, 1.82) is 0 Å². The summed E-state index contributed by atoms with van der Waals surface area (Å²) in [6, 6.07) is 8.24. The van der Waals surface area contributed by atoms with Gasteiger partial charge in [-0.05, 0) is 50.8 Å². The number of methoxy groups -OCH3 is 1. The van der Waals surface area contributed by atoms with E-state index in [0.29, 0.717) is 12.3 Å². The van der Waals surface area contributed by atoms with Crippen molar-refractivity contribution in [2.24, 2.45) is 10.1 Å². The number of amides is 1. The number of para-hydroxylation sites is 1. The molecule has 1 saturated heterocycles. The Hall–Kier alpha value is -3.66. The molecule has 2 aromatic rings. The molecule has 1 fully saturated rings. The minimum atomic E-state index is -0.788. The first-order valence-electron chi connectivity index (χ1n) is 12.5. The summed E-state index contributed by atoms with van der Waals surface area (Å²) in [6.07, 6.45) is 9.85. The summed E-state index contributed by atoms with van der Waals surface area (Å²) < 4.78 is 6.67. The second-order valence-electron chi connectivity index (χ2n) is 8.95. The zero-order valence-electron chi connectivity index (χ0n) is 21.4. The van der Waals surface area contributed by atoms with E-state index in [4.69, 9.17) is 9.73 Å². The number of nitrogens with zero attached hydrogens (tertiary/aromatic N) is 4. The van der Waals surface area contributed by atoms with Gasteiger partial charge in [-0.3, -0.25) is 15.0 Å². The molecular formula is C26H36N8O2. The van der Waals surface area contributed by atoms with E-state index >= 15 is 0 Å². The van der Waals surface area contributed by atoms with Crippen LogP contribution in [-0.2, 0) is 23.2 Å². The molecular weight excluding hydrogens is 456 g/mol. The van der Waals surface area contributed by atoms with Crippen LogP contribution in [0.5, 0.6) is 0 Å². The van der Waals surface area contributed by atoms with Crippen LogP contribution in [0.4, 0.5) is 10.5 Å². The molecule has 192 valence electrons. The summed E-state index contributed by atoms with van der Waals surface area (Å²) in [5, 5.41) is 20.1. The molecule has 0 aliphatic carbocycles. The highest BCUT2D eigenvalue weighted by Crippen LogP contribution is 2.37. The lowest BCUT2D eigenvalue weighted by Crippen LogP contribution is -2.67. The van der Waals surface area contributed by atoms with Gasteiger partial charge in [-0.15, -0.1) is 0 Å². The number of aromatic nitrogens is 2. The maximum Gasteiger partial charge on any atom is 0.427 e. The summed E-state index contributed by atoms with van der Waals surface area (Å²) in [5.74, 6) is 0.894. The van der Waals surface area contributed by atoms with Crippen LogP contribution in [-0.4, -0.2) is 53.2 Å². The van der Waals surface area contributed by atoms with E-state index in [2.05, 4.69) is 63.6 Å². The number of amidine groups is 1. The Morgan fingerprint density at radius 2 is 2.14 bits per heavy atom. The smallest absolute Gasteiger partial charge is 0.427 e. The molecule has 3 heterocycles. The van der Waals surface area contributed by atoms with E-state index < -0.39 is 11.6 Å². The van der Waals surface area contributed by atoms with Gasteiger partial charge in [0.2, 0.25) is 0 Å². The Balaban J connectivity index is 1.82. The number of hydrogen-bond acceptors (Lipinski definition) is 8. The minimum Gasteiger partial charge on any atom is -0.452 e. The SMILES string of the molecule is CCc1ccccc1NC1CC[C@H](C2=NCC=CN2)NC1(/C(C)=N/NC(=O)OC)c1cnn(CC)c1. The van der Waals surface area contributed by atoms with Gasteiger partial charge in [0.25, 0.3) is 0 Å². The Labute approximate surface area is 212 Å². The molecule has 1 aromatic carbocycles. The molecule has 0 spiro atoms. The molecule has 2 aliphatic rings. The van der Waals surface area contributed by atoms with Gasteiger partial charge >= 0.3 is 6.09 Å². The quantitative estimate of drug-likeness (QED) is 0.332. The number of aliphatic imine (C=N–C) groups is 1. The van der Waals surface area contributed by atoms with Crippen LogP contribution in [0.2, 0.25) is 0 Å². The number of carbonyl (C=O) groups excluding carboxylic acids is 1. The highest BCUT2D eigenvalue weighted by atomic mass is 16.5. The Morgan fingerprint density at radius 1 is 1.31 bits per heavy atom. The van der Waals surface area contributed by atoms with E-state index in [1.54, 1.807) is 0 Å². The zero-order chi connectivity index (χ0) is 25.5. The van der Waals surface area contributed by atoms with Gasteiger partial charge in [0.05, 0.1) is 37.6 Å². The largest absolute Gasteiger partial charge is 0.452 e. The van der Waals surface area contributed by atoms with E-state index in [-0.39, 0.29) is 12.1 Å². The van der Waals surface area contributed by atoms with E-state index in [1.807, 2.05) is 42.3 Å². The molecule has 36 heavy (non-hydrogen) atoms. The number of rotatable bonds is 8. The third-order valence-electron chi connectivity index (χ3n) is 6.93. The lowest BCUT2D eigenvalue weighted by atomic mass is 9.73. The van der Waals surface area contributed by atoms with Crippen molar-refractivity contribution in [2.45, 2.75) is 64.2 Å². The molecule has 1 amide bonds. The topological polar surface area (TPSA) is 117 Å². The van der Waals surface area contributed by atoms with Gasteiger partial charge in [-0.2, -0.15) is 10.2 Å². The van der Waals surface area contributed by atoms with E-state index in [9.17, 15) is 4.79 Å². The number of hydrogen-bond donors (Lipinski definition) is 4. The van der Waals surface area contributed by atoms with Gasteiger partial charge < -0.3 is 15.4 Å². The van der Waals surface area contributed by atoms with Crippen LogP contribution in [0.25, 0.3) is 0 Å². The maximum atomic E-state index is 11.9. The average molecular weight is 493 g/mol. The van der Waals surface area contributed by atoms with Gasteiger partial charge in [0.15, 0.2) is 0 Å². The van der Waals surface area contributed by atoms with Crippen LogP contribution in [0.3, 0.4) is 0 Å². The van der Waals surface area contributed by atoms with Crippen molar-refractivity contribution in [3.8, 4) is 0 Å². The summed E-state index contributed by atoms with van der Waals surface area (Å²) >= 11 is 0. The molecule has 4 rings (SSSR count). The molecule has 2 aliphatic heterocycles. The average Bonchev–Trinajstić information content (AvgIpc) is 3.42. The van der Waals surface area contributed by atoms with Gasteiger partial charge in [-0.25, -0.2) is 10.2 Å². The molecule has 2 unspecified atom stereocenters. The van der Waals surface area contributed by atoms with Crippen molar-refractivity contribution in [1.82, 2.24) is 25.8 Å². The Kier molecular flexibility index (Phi) is 8.04. The minimum absolute atomic E-state index is 0.0392. The fourth-order valence-corrected chi connectivity index (χ4v) is 5.00. The number of aryl methyl sites for hydroxylation is 2. The first kappa shape index (κ1) is 25.4. The first-order chi connectivity index (χ1) is 17.5. The number of benzene rings is 1. The number of ether oxygens (including phenoxy) is 1. The Morgan fingerprint density at radius 3 is 2.83 bits per heavy atom. The van der Waals surface area contributed by atoms with Gasteiger partial charge in [-0.1, -0.05) is 25.1 Å². The number of anilines is 1. The first-order valence-corrected chi connectivity index (χ1v) is 12.5. The van der Waals surface area contributed by atoms with Crippen LogP contribution >= 0.6 is 0 Å². The third-order valence-corrected chi connectivity index (χ3v) is 6.93. The predicted molar refractivity (Wildman–Crippen MR) is 142 cm³/mol. The van der Waals surface area contributed by atoms with Crippen LogP contribution < -0.4 is 21.4 Å². The second kappa shape index (κ2) is 11.4. The zero-order valence-corrected chi connectivity index (χ0v) is 21.4. The summed E-state index contributed by atoms with van der Waals surface area (Å²) in [7, 11) is 1.32. The number of piperidine rings is 1. The number of carbonyl (C=O) groups is 1. The summed E-state index contributed by atoms with van der Waals surface area (Å²) in [4.78, 5) is 16.6. The third kappa shape index (κ3) is 5.13. The standard InChI is InChI=1S/C26H36N8O2/c1-5-19-10-7-8-11-21(19)30-23-13-12-22(24-27-14-9-15-28-24)31-26(23,18(3)32-33-25(35)36-4)20-16-29-34(6-2)17-20/h7-11,14,16-17,22-23,30-31H,5-6,12-13,15H2,1-4H3,(H,27,28)(H,33,35)/b32-18+/t22-,23?,26?/m1/s1. The number of nitrogens with one attached hydrogen (secondary N) is 4. The normalized spacial score (nSPS) is 24.0. The van der Waals surface area contributed by atoms with Gasteiger partial charge in [0, 0.05) is 30.2 Å². The molecule has 1 aromatic heterocycles. The molecule has 3 atom stereocenters. The summed E-state index contributed by atoms with van der Waals surface area (Å²) in [6.45, 7) is 7.52. The summed E-state index contributed by atoms with van der Waals surface area (Å²) in [5.41, 5.74) is 5.70. The van der Waals surface area contributed by atoms with Crippen molar-refractivity contribution in [2.75, 3.05) is 19.0 Å². The van der Waals surface area contributed by atoms with Crippen LogP contribution in [0.15, 0.2) is 59.0 Å². The molecule has 4 N–H and O–H groups in total. The lowest BCUT2D eigenvalue weighted by Gasteiger charge is -2.48. The molecule has 10 heteroatoms. The Bertz CT molecular complexity index is 1150. The van der Waals surface area contributed by atoms with Crippen molar-refractivity contribution >= 4 is 23.3 Å². The van der Waals surface area contributed by atoms with Gasteiger partial charge in [0.1, 0.15) is 11.4 Å². The highest BCUT2D eigenvalue weighted by molar-refractivity contribution is 5.97. The predicted octanol–water partition coefficient (Wildman–Crippen LogP) is 3.14. The number of hydrazone groups is 1. The highest BCUT2D eigenvalue weighted by Gasteiger charge is 2.49. The monoisotopic (exact) mass is 492 g/mol. The van der Waals surface area contributed by atoms with Crippen molar-refractivity contribution < 1.29 is 9.53 Å². The van der Waals surface area contributed by atoms with Crippen LogP contribution in [0, 0.1) is 0 Å². The van der Waals surface area contributed by atoms with E-state index in [0.717, 1.165) is 42.9 Å². The fraction of sp³-hybridized carbons (Fsp3) is 0.462. The lowest BCUT2D eigenvalue weighted by molar-refractivity contribution is 0.171. The molecule has 0 bridgehead atoms. The molecule has 0 saturated carbocycles. The van der Waals surface area contributed by atoms with E-state index in [1.165, 1.54) is 12.7 Å². The van der Waals surface area contributed by atoms with Crippen LogP contribution in [0.1, 0.15) is 44.7 Å². The molecule has 0 radical (unpaired) electrons. The van der Waals surface area contributed by atoms with Crippen molar-refractivity contribution in [3.05, 3.63) is 60.1 Å².